The molecule has 0 aliphatic carbocycles. The van der Waals surface area contributed by atoms with Gasteiger partial charge in [0.25, 0.3) is 5.91 Å². The number of benzene rings is 2. The van der Waals surface area contributed by atoms with Crippen molar-refractivity contribution in [2.24, 2.45) is 0 Å². The number of carbonyl (C=O) groups is 1. The summed E-state index contributed by atoms with van der Waals surface area (Å²) in [6, 6.07) is 7.67. The molecule has 0 radical (unpaired) electrons. The number of hydrogen-bond acceptors (Lipinski definition) is 2. The fourth-order valence-corrected chi connectivity index (χ4v) is 1.84. The molecule has 0 heterocycles. The van der Waals surface area contributed by atoms with E-state index in [-0.39, 0.29) is 11.3 Å². The quantitative estimate of drug-likeness (QED) is 0.836. The Balaban J connectivity index is 2.31. The van der Waals surface area contributed by atoms with Crippen molar-refractivity contribution in [1.82, 2.24) is 0 Å². The number of alkyl halides is 3. The van der Waals surface area contributed by atoms with Crippen LogP contribution < -0.4 is 10.6 Å². The second-order valence-corrected chi connectivity index (χ2v) is 4.47. The molecule has 0 atom stereocenters. The molecule has 0 bridgehead atoms. The van der Waals surface area contributed by atoms with E-state index in [0.29, 0.717) is 5.69 Å². The first-order chi connectivity index (χ1) is 10.3. The van der Waals surface area contributed by atoms with E-state index >= 15 is 0 Å². The highest BCUT2D eigenvalue weighted by Gasteiger charge is 2.31. The third-order valence-corrected chi connectivity index (χ3v) is 2.97. The molecule has 1 amide bonds. The largest absolute Gasteiger partial charge is 0.416 e. The zero-order valence-electron chi connectivity index (χ0n) is 11.5. The van der Waals surface area contributed by atoms with Gasteiger partial charge in [0.05, 0.1) is 16.9 Å². The molecule has 0 aliphatic heterocycles. The second-order valence-electron chi connectivity index (χ2n) is 4.47. The van der Waals surface area contributed by atoms with Crippen molar-refractivity contribution in [1.29, 1.82) is 0 Å². The third-order valence-electron chi connectivity index (χ3n) is 2.97. The summed E-state index contributed by atoms with van der Waals surface area (Å²) in [4.78, 5) is 12.0. The number of carbonyl (C=O) groups excluding carboxylic acids is 1. The lowest BCUT2D eigenvalue weighted by atomic mass is 10.1. The van der Waals surface area contributed by atoms with Gasteiger partial charge in [-0.05, 0) is 42.5 Å². The standard InChI is InChI=1S/C15H12F4N2O/c1-20-12-7-4-10(15(17,18)19)8-13(12)21-14(22)9-2-5-11(16)6-3-9/h2-8,20H,1H3,(H,21,22). The van der Waals surface area contributed by atoms with Gasteiger partial charge in [0.2, 0.25) is 0 Å². The molecular weight excluding hydrogens is 300 g/mol. The zero-order valence-corrected chi connectivity index (χ0v) is 11.5. The maximum Gasteiger partial charge on any atom is 0.416 e. The lowest BCUT2D eigenvalue weighted by Crippen LogP contribution is -2.14. The van der Waals surface area contributed by atoms with Crippen LogP contribution in [0.4, 0.5) is 28.9 Å². The van der Waals surface area contributed by atoms with Crippen LogP contribution >= 0.6 is 0 Å². The number of nitrogens with one attached hydrogen (secondary N) is 2. The first-order valence-corrected chi connectivity index (χ1v) is 6.27. The van der Waals surface area contributed by atoms with E-state index in [4.69, 9.17) is 0 Å². The van der Waals surface area contributed by atoms with Crippen molar-refractivity contribution in [3.05, 3.63) is 59.4 Å². The van der Waals surface area contributed by atoms with Crippen molar-refractivity contribution in [2.45, 2.75) is 6.18 Å². The van der Waals surface area contributed by atoms with Gasteiger partial charge in [-0.3, -0.25) is 4.79 Å². The highest BCUT2D eigenvalue weighted by Crippen LogP contribution is 2.34. The topological polar surface area (TPSA) is 41.1 Å². The van der Waals surface area contributed by atoms with Crippen LogP contribution in [-0.4, -0.2) is 13.0 Å². The summed E-state index contributed by atoms with van der Waals surface area (Å²) in [6.07, 6.45) is -4.51. The van der Waals surface area contributed by atoms with Crippen LogP contribution in [-0.2, 0) is 6.18 Å². The van der Waals surface area contributed by atoms with E-state index in [1.807, 2.05) is 0 Å². The van der Waals surface area contributed by atoms with Crippen molar-refractivity contribution < 1.29 is 22.4 Å². The Hall–Kier alpha value is -2.57. The average molecular weight is 312 g/mol. The van der Waals surface area contributed by atoms with Gasteiger partial charge < -0.3 is 10.6 Å². The summed E-state index contributed by atoms with van der Waals surface area (Å²) in [6.45, 7) is 0. The van der Waals surface area contributed by atoms with Gasteiger partial charge >= 0.3 is 6.18 Å². The fraction of sp³-hybridized carbons (Fsp3) is 0.133. The van der Waals surface area contributed by atoms with Gasteiger partial charge in [0, 0.05) is 12.6 Å². The minimum Gasteiger partial charge on any atom is -0.386 e. The SMILES string of the molecule is CNc1ccc(C(F)(F)F)cc1NC(=O)c1ccc(F)cc1. The van der Waals surface area contributed by atoms with Crippen molar-refractivity contribution in [3.63, 3.8) is 0 Å². The highest BCUT2D eigenvalue weighted by atomic mass is 19.4. The molecule has 2 aromatic carbocycles. The van der Waals surface area contributed by atoms with Crippen LogP contribution in [0.15, 0.2) is 42.5 Å². The Bertz CT molecular complexity index is 681. The summed E-state index contributed by atoms with van der Waals surface area (Å²) in [7, 11) is 1.52. The van der Waals surface area contributed by atoms with Crippen molar-refractivity contribution in [2.75, 3.05) is 17.7 Å². The highest BCUT2D eigenvalue weighted by molar-refractivity contribution is 6.05. The monoisotopic (exact) mass is 312 g/mol. The first-order valence-electron chi connectivity index (χ1n) is 6.27. The van der Waals surface area contributed by atoms with Gasteiger partial charge in [-0.2, -0.15) is 13.2 Å². The van der Waals surface area contributed by atoms with Crippen LogP contribution in [0.2, 0.25) is 0 Å². The van der Waals surface area contributed by atoms with Gasteiger partial charge in [-0.1, -0.05) is 0 Å². The Morgan fingerprint density at radius 3 is 2.18 bits per heavy atom. The van der Waals surface area contributed by atoms with Crippen LogP contribution in [0, 0.1) is 5.82 Å². The van der Waals surface area contributed by atoms with E-state index in [1.54, 1.807) is 0 Å². The fourth-order valence-electron chi connectivity index (χ4n) is 1.84. The summed E-state index contributed by atoms with van der Waals surface area (Å²) in [5.74, 6) is -1.14. The molecule has 0 saturated heterocycles. The molecule has 3 nitrogen and oxygen atoms in total. The number of amides is 1. The van der Waals surface area contributed by atoms with Gasteiger partial charge in [-0.15, -0.1) is 0 Å². The number of halogens is 4. The Morgan fingerprint density at radius 2 is 1.64 bits per heavy atom. The summed E-state index contributed by atoms with van der Waals surface area (Å²) >= 11 is 0. The van der Waals surface area contributed by atoms with Gasteiger partial charge in [0.15, 0.2) is 0 Å². The van der Waals surface area contributed by atoms with Gasteiger partial charge in [0.1, 0.15) is 5.82 Å². The molecule has 0 saturated carbocycles. The number of hydrogen-bond donors (Lipinski definition) is 2. The van der Waals surface area contributed by atoms with E-state index < -0.39 is 23.5 Å². The minimum absolute atomic E-state index is 0.00773. The zero-order chi connectivity index (χ0) is 16.3. The Kier molecular flexibility index (Phi) is 4.35. The maximum atomic E-state index is 12.8. The third kappa shape index (κ3) is 3.55. The van der Waals surface area contributed by atoms with Crippen LogP contribution in [0.1, 0.15) is 15.9 Å². The van der Waals surface area contributed by atoms with E-state index in [0.717, 1.165) is 24.3 Å². The smallest absolute Gasteiger partial charge is 0.386 e. The molecule has 2 N–H and O–H groups in total. The normalized spacial score (nSPS) is 11.1. The summed E-state index contributed by atoms with van der Waals surface area (Å²) in [5, 5.41) is 5.08. The predicted molar refractivity (Wildman–Crippen MR) is 75.3 cm³/mol. The van der Waals surface area contributed by atoms with Gasteiger partial charge in [-0.25, -0.2) is 4.39 Å². The summed E-state index contributed by atoms with van der Waals surface area (Å²) in [5.41, 5.74) is -0.406. The van der Waals surface area contributed by atoms with Crippen LogP contribution in [0.3, 0.4) is 0 Å². The maximum absolute atomic E-state index is 12.8. The van der Waals surface area contributed by atoms with Crippen molar-refractivity contribution >= 4 is 17.3 Å². The molecule has 22 heavy (non-hydrogen) atoms. The molecule has 2 rings (SSSR count). The van der Waals surface area contributed by atoms with E-state index in [9.17, 15) is 22.4 Å². The van der Waals surface area contributed by atoms with E-state index in [1.165, 1.54) is 25.2 Å². The molecule has 7 heteroatoms. The molecule has 0 fully saturated rings. The molecule has 0 aromatic heterocycles. The molecule has 116 valence electrons. The van der Waals surface area contributed by atoms with Crippen LogP contribution in [0.25, 0.3) is 0 Å². The lowest BCUT2D eigenvalue weighted by molar-refractivity contribution is -0.137. The van der Waals surface area contributed by atoms with Crippen molar-refractivity contribution in [3.8, 4) is 0 Å². The number of rotatable bonds is 3. The second kappa shape index (κ2) is 6.05. The average Bonchev–Trinajstić information content (AvgIpc) is 2.46. The molecule has 0 aliphatic rings. The predicted octanol–water partition coefficient (Wildman–Crippen LogP) is 4.14. The van der Waals surface area contributed by atoms with E-state index in [2.05, 4.69) is 10.6 Å². The summed E-state index contributed by atoms with van der Waals surface area (Å²) < 4.78 is 51.0. The van der Waals surface area contributed by atoms with Crippen LogP contribution in [0.5, 0.6) is 0 Å². The molecule has 0 spiro atoms. The molecule has 2 aromatic rings. The first kappa shape index (κ1) is 15.8. The minimum atomic E-state index is -4.51. The Morgan fingerprint density at radius 1 is 1.00 bits per heavy atom. The Labute approximate surface area is 124 Å². The molecular formula is C15H12F4N2O. The molecule has 0 unspecified atom stereocenters. The number of anilines is 2. The lowest BCUT2D eigenvalue weighted by Gasteiger charge is -2.14.